The maximum absolute atomic E-state index is 12.0. The number of benzene rings is 1. The number of nitrogens with zero attached hydrogens (tertiary/aromatic N) is 3. The highest BCUT2D eigenvalue weighted by atomic mass is 16.5. The lowest BCUT2D eigenvalue weighted by atomic mass is 10.2. The molecule has 1 heterocycles. The van der Waals surface area contributed by atoms with Crippen LogP contribution in [-0.2, 0) is 11.3 Å². The fourth-order valence-electron chi connectivity index (χ4n) is 1.98. The predicted octanol–water partition coefficient (Wildman–Crippen LogP) is 1.49. The van der Waals surface area contributed by atoms with E-state index < -0.39 is 0 Å². The Hall–Kier alpha value is -2.47. The molecule has 0 radical (unpaired) electrons. The van der Waals surface area contributed by atoms with E-state index in [2.05, 4.69) is 27.4 Å². The van der Waals surface area contributed by atoms with Gasteiger partial charge in [0.05, 0.1) is 6.61 Å². The van der Waals surface area contributed by atoms with Gasteiger partial charge in [0, 0.05) is 33.3 Å². The molecule has 0 aliphatic heterocycles. The van der Waals surface area contributed by atoms with Gasteiger partial charge >= 0.3 is 0 Å². The number of carbonyl (C=O) groups excluding carboxylic acids is 1. The Kier molecular flexibility index (Phi) is 5.85. The van der Waals surface area contributed by atoms with Crippen LogP contribution >= 0.6 is 0 Å². The van der Waals surface area contributed by atoms with Crippen molar-refractivity contribution in [3.05, 3.63) is 54.0 Å². The van der Waals surface area contributed by atoms with Crippen LogP contribution < -0.4 is 10.2 Å². The second-order valence-corrected chi connectivity index (χ2v) is 4.85. The van der Waals surface area contributed by atoms with Crippen LogP contribution in [0.4, 0.5) is 5.82 Å². The Morgan fingerprint density at radius 3 is 2.77 bits per heavy atom. The fourth-order valence-corrected chi connectivity index (χ4v) is 1.98. The van der Waals surface area contributed by atoms with Gasteiger partial charge in [-0.1, -0.05) is 30.3 Å². The number of hydrogen-bond donors (Lipinski definition) is 1. The fraction of sp³-hybridized carbons (Fsp3) is 0.312. The molecule has 1 aromatic heterocycles. The van der Waals surface area contributed by atoms with E-state index in [0.29, 0.717) is 31.2 Å². The van der Waals surface area contributed by atoms with Gasteiger partial charge in [-0.25, -0.2) is 9.97 Å². The summed E-state index contributed by atoms with van der Waals surface area (Å²) in [5, 5.41) is 2.74. The molecule has 0 aliphatic rings. The number of rotatable bonds is 7. The van der Waals surface area contributed by atoms with E-state index >= 15 is 0 Å². The minimum Gasteiger partial charge on any atom is -0.383 e. The topological polar surface area (TPSA) is 67.3 Å². The SMILES string of the molecule is COCCNC(=O)c1cc(N(C)Cc2ccccc2)ncn1. The zero-order valence-electron chi connectivity index (χ0n) is 12.8. The third-order valence-corrected chi connectivity index (χ3v) is 3.13. The Bertz CT molecular complexity index is 604. The van der Waals surface area contributed by atoms with Crippen molar-refractivity contribution in [2.75, 3.05) is 32.2 Å². The van der Waals surface area contributed by atoms with E-state index in [1.165, 1.54) is 11.9 Å². The van der Waals surface area contributed by atoms with Crippen molar-refractivity contribution < 1.29 is 9.53 Å². The summed E-state index contributed by atoms with van der Waals surface area (Å²) in [6, 6.07) is 11.8. The van der Waals surface area contributed by atoms with Crippen LogP contribution in [0.5, 0.6) is 0 Å². The number of carbonyl (C=O) groups is 1. The van der Waals surface area contributed by atoms with Gasteiger partial charge in [0.15, 0.2) is 0 Å². The number of nitrogens with one attached hydrogen (secondary N) is 1. The average Bonchev–Trinajstić information content (AvgIpc) is 2.56. The number of methoxy groups -OCH3 is 1. The maximum Gasteiger partial charge on any atom is 0.270 e. The van der Waals surface area contributed by atoms with E-state index in [4.69, 9.17) is 4.74 Å². The van der Waals surface area contributed by atoms with E-state index in [1.807, 2.05) is 30.1 Å². The van der Waals surface area contributed by atoms with Crippen LogP contribution in [0, 0.1) is 0 Å². The first-order valence-electron chi connectivity index (χ1n) is 7.05. The Morgan fingerprint density at radius 1 is 1.27 bits per heavy atom. The number of hydrogen-bond acceptors (Lipinski definition) is 5. The van der Waals surface area contributed by atoms with Gasteiger partial charge in [0.1, 0.15) is 17.8 Å². The lowest BCUT2D eigenvalue weighted by Gasteiger charge is -2.18. The summed E-state index contributed by atoms with van der Waals surface area (Å²) in [5.41, 5.74) is 1.52. The lowest BCUT2D eigenvalue weighted by Crippen LogP contribution is -2.28. The van der Waals surface area contributed by atoms with Gasteiger partial charge < -0.3 is 15.0 Å². The number of amides is 1. The predicted molar refractivity (Wildman–Crippen MR) is 84.8 cm³/mol. The first-order valence-corrected chi connectivity index (χ1v) is 7.05. The van der Waals surface area contributed by atoms with Crippen molar-refractivity contribution in [2.24, 2.45) is 0 Å². The molecule has 0 saturated carbocycles. The highest BCUT2D eigenvalue weighted by Crippen LogP contribution is 2.12. The summed E-state index contributed by atoms with van der Waals surface area (Å²) >= 11 is 0. The van der Waals surface area contributed by atoms with Crippen molar-refractivity contribution >= 4 is 11.7 Å². The first kappa shape index (κ1) is 15.9. The molecule has 1 aromatic carbocycles. The van der Waals surface area contributed by atoms with E-state index in [1.54, 1.807) is 13.2 Å². The number of anilines is 1. The summed E-state index contributed by atoms with van der Waals surface area (Å²) in [5.74, 6) is 0.476. The average molecular weight is 300 g/mol. The van der Waals surface area contributed by atoms with Gasteiger partial charge in [-0.3, -0.25) is 4.79 Å². The third-order valence-electron chi connectivity index (χ3n) is 3.13. The van der Waals surface area contributed by atoms with Crippen LogP contribution in [-0.4, -0.2) is 43.2 Å². The zero-order chi connectivity index (χ0) is 15.8. The quantitative estimate of drug-likeness (QED) is 0.785. The molecule has 0 spiro atoms. The third kappa shape index (κ3) is 4.53. The highest BCUT2D eigenvalue weighted by Gasteiger charge is 2.10. The van der Waals surface area contributed by atoms with E-state index in [-0.39, 0.29) is 5.91 Å². The zero-order valence-corrected chi connectivity index (χ0v) is 12.8. The first-order chi connectivity index (χ1) is 10.7. The van der Waals surface area contributed by atoms with Crippen molar-refractivity contribution in [2.45, 2.75) is 6.54 Å². The van der Waals surface area contributed by atoms with Gasteiger partial charge in [-0.2, -0.15) is 0 Å². The molecule has 0 atom stereocenters. The monoisotopic (exact) mass is 300 g/mol. The van der Waals surface area contributed by atoms with Crippen LogP contribution in [0.3, 0.4) is 0 Å². The molecule has 6 nitrogen and oxygen atoms in total. The Labute approximate surface area is 130 Å². The summed E-state index contributed by atoms with van der Waals surface area (Å²) in [7, 11) is 3.52. The van der Waals surface area contributed by atoms with Crippen molar-refractivity contribution in [3.8, 4) is 0 Å². The van der Waals surface area contributed by atoms with E-state index in [9.17, 15) is 4.79 Å². The molecule has 22 heavy (non-hydrogen) atoms. The minimum absolute atomic E-state index is 0.228. The van der Waals surface area contributed by atoms with Gasteiger partial charge in [0.2, 0.25) is 0 Å². The number of aromatic nitrogens is 2. The van der Waals surface area contributed by atoms with Crippen molar-refractivity contribution in [3.63, 3.8) is 0 Å². The van der Waals surface area contributed by atoms with Crippen LogP contribution in [0.25, 0.3) is 0 Å². The van der Waals surface area contributed by atoms with Crippen LogP contribution in [0.1, 0.15) is 16.1 Å². The molecule has 116 valence electrons. The molecule has 0 bridgehead atoms. The standard InChI is InChI=1S/C16H20N4O2/c1-20(11-13-6-4-3-5-7-13)15-10-14(18-12-19-15)16(21)17-8-9-22-2/h3-7,10,12H,8-9,11H2,1-2H3,(H,17,21). The lowest BCUT2D eigenvalue weighted by molar-refractivity contribution is 0.0932. The molecule has 0 saturated heterocycles. The molecule has 0 fully saturated rings. The van der Waals surface area contributed by atoms with E-state index in [0.717, 1.165) is 0 Å². The molecule has 0 aliphatic carbocycles. The van der Waals surface area contributed by atoms with Crippen molar-refractivity contribution in [1.82, 2.24) is 15.3 Å². The smallest absolute Gasteiger partial charge is 0.270 e. The van der Waals surface area contributed by atoms with Crippen LogP contribution in [0.2, 0.25) is 0 Å². The van der Waals surface area contributed by atoms with Crippen LogP contribution in [0.15, 0.2) is 42.7 Å². The summed E-state index contributed by atoms with van der Waals surface area (Å²) < 4.78 is 4.90. The molecule has 1 amide bonds. The second kappa shape index (κ2) is 8.09. The summed E-state index contributed by atoms with van der Waals surface area (Å²) in [6.45, 7) is 1.63. The molecule has 2 rings (SSSR count). The second-order valence-electron chi connectivity index (χ2n) is 4.85. The Balaban J connectivity index is 2.02. The molecular weight excluding hydrogens is 280 g/mol. The van der Waals surface area contributed by atoms with Gasteiger partial charge in [0.25, 0.3) is 5.91 Å². The normalized spacial score (nSPS) is 10.3. The maximum atomic E-state index is 12.0. The van der Waals surface area contributed by atoms with Crippen molar-refractivity contribution in [1.29, 1.82) is 0 Å². The largest absolute Gasteiger partial charge is 0.383 e. The molecule has 2 aromatic rings. The highest BCUT2D eigenvalue weighted by molar-refractivity contribution is 5.92. The number of ether oxygens (including phenoxy) is 1. The minimum atomic E-state index is -0.228. The molecule has 0 unspecified atom stereocenters. The Morgan fingerprint density at radius 2 is 2.05 bits per heavy atom. The molecule has 1 N–H and O–H groups in total. The summed E-state index contributed by atoms with van der Waals surface area (Å²) in [6.07, 6.45) is 1.40. The summed E-state index contributed by atoms with van der Waals surface area (Å²) in [4.78, 5) is 22.2. The van der Waals surface area contributed by atoms with Gasteiger partial charge in [-0.15, -0.1) is 0 Å². The van der Waals surface area contributed by atoms with Gasteiger partial charge in [-0.05, 0) is 5.56 Å². The molecular formula is C16H20N4O2. The molecule has 6 heteroatoms.